The topological polar surface area (TPSA) is 12.0 Å². The van der Waals surface area contributed by atoms with E-state index in [4.69, 9.17) is 0 Å². The fraction of sp³-hybridized carbons (Fsp3) is 0.474. The molecule has 0 saturated carbocycles. The van der Waals surface area contributed by atoms with E-state index in [1.807, 2.05) is 11.3 Å². The summed E-state index contributed by atoms with van der Waals surface area (Å²) >= 11 is 1.87. The van der Waals surface area contributed by atoms with Gasteiger partial charge < -0.3 is 5.32 Å². The molecule has 0 saturated heterocycles. The lowest BCUT2D eigenvalue weighted by Gasteiger charge is -2.26. The normalized spacial score (nSPS) is 13.3. The maximum Gasteiger partial charge on any atom is 0.00967 e. The Labute approximate surface area is 133 Å². The van der Waals surface area contributed by atoms with Crippen LogP contribution in [0, 0.1) is 6.92 Å². The summed E-state index contributed by atoms with van der Waals surface area (Å²) in [6, 6.07) is 13.2. The average Bonchev–Trinajstić information content (AvgIpc) is 2.92. The Morgan fingerprint density at radius 1 is 1.10 bits per heavy atom. The van der Waals surface area contributed by atoms with Crippen molar-refractivity contribution in [2.75, 3.05) is 6.54 Å². The van der Waals surface area contributed by atoms with Crippen molar-refractivity contribution < 1.29 is 0 Å². The second kappa shape index (κ2) is 7.24. The Bertz CT molecular complexity index is 537. The molecule has 2 heteroatoms. The fourth-order valence-electron chi connectivity index (χ4n) is 2.61. The molecule has 1 aromatic heterocycles. The quantitative estimate of drug-likeness (QED) is 0.777. The lowest BCUT2D eigenvalue weighted by atomic mass is 9.90. The molecule has 1 nitrogen and oxygen atoms in total. The highest BCUT2D eigenvalue weighted by Crippen LogP contribution is 2.26. The second-order valence-electron chi connectivity index (χ2n) is 6.80. The maximum atomic E-state index is 3.68. The first kappa shape index (κ1) is 16.3. The van der Waals surface area contributed by atoms with Gasteiger partial charge in [0.1, 0.15) is 0 Å². The summed E-state index contributed by atoms with van der Waals surface area (Å²) in [6.45, 7) is 9.98. The Hall–Kier alpha value is -1.12. The first-order valence-corrected chi connectivity index (χ1v) is 8.66. The molecule has 1 unspecified atom stereocenters. The minimum atomic E-state index is 0.171. The molecule has 0 bridgehead atoms. The van der Waals surface area contributed by atoms with Gasteiger partial charge in [-0.1, -0.05) is 30.3 Å². The van der Waals surface area contributed by atoms with E-state index < -0.39 is 0 Å². The molecule has 0 aliphatic rings. The number of thiophene rings is 1. The van der Waals surface area contributed by atoms with E-state index in [1.165, 1.54) is 28.8 Å². The Morgan fingerprint density at radius 3 is 2.48 bits per heavy atom. The Morgan fingerprint density at radius 2 is 1.86 bits per heavy atom. The van der Waals surface area contributed by atoms with Crippen LogP contribution in [0.5, 0.6) is 0 Å². The lowest BCUT2D eigenvalue weighted by Crippen LogP contribution is -2.38. The lowest BCUT2D eigenvalue weighted by molar-refractivity contribution is 0.399. The summed E-state index contributed by atoms with van der Waals surface area (Å²) in [7, 11) is 0. The first-order chi connectivity index (χ1) is 9.96. The summed E-state index contributed by atoms with van der Waals surface area (Å²) in [5, 5.41) is 5.85. The summed E-state index contributed by atoms with van der Waals surface area (Å²) in [6.07, 6.45) is 2.37. The molecule has 2 aromatic rings. The second-order valence-corrected chi connectivity index (χ2v) is 7.83. The van der Waals surface area contributed by atoms with Crippen molar-refractivity contribution in [3.05, 3.63) is 57.8 Å². The monoisotopic (exact) mass is 301 g/mol. The Balaban J connectivity index is 2.08. The molecule has 2 rings (SSSR count). The van der Waals surface area contributed by atoms with Crippen LogP contribution in [0.4, 0.5) is 0 Å². The molecule has 21 heavy (non-hydrogen) atoms. The van der Waals surface area contributed by atoms with Gasteiger partial charge in [-0.2, -0.15) is 0 Å². The van der Waals surface area contributed by atoms with E-state index in [9.17, 15) is 0 Å². The number of hydrogen-bond donors (Lipinski definition) is 1. The molecule has 0 fully saturated rings. The molecular formula is C19H27NS. The average molecular weight is 301 g/mol. The summed E-state index contributed by atoms with van der Waals surface area (Å²) < 4.78 is 0. The summed E-state index contributed by atoms with van der Waals surface area (Å²) in [5.41, 5.74) is 3.07. The van der Waals surface area contributed by atoms with Crippen molar-refractivity contribution in [3.8, 4) is 0 Å². The molecule has 0 aliphatic heterocycles. The highest BCUT2D eigenvalue weighted by atomic mass is 32.1. The van der Waals surface area contributed by atoms with Crippen LogP contribution in [0.25, 0.3) is 0 Å². The van der Waals surface area contributed by atoms with Crippen molar-refractivity contribution in [2.45, 2.75) is 52.0 Å². The predicted molar refractivity (Wildman–Crippen MR) is 94.3 cm³/mol. The van der Waals surface area contributed by atoms with Crippen LogP contribution in [-0.4, -0.2) is 12.1 Å². The van der Waals surface area contributed by atoms with Gasteiger partial charge in [-0.3, -0.25) is 0 Å². The van der Waals surface area contributed by atoms with Gasteiger partial charge in [0.15, 0.2) is 0 Å². The van der Waals surface area contributed by atoms with Crippen molar-refractivity contribution in [3.63, 3.8) is 0 Å². The van der Waals surface area contributed by atoms with Gasteiger partial charge in [0.25, 0.3) is 0 Å². The van der Waals surface area contributed by atoms with Crippen LogP contribution in [0.2, 0.25) is 0 Å². The van der Waals surface area contributed by atoms with E-state index in [2.05, 4.69) is 74.8 Å². The van der Waals surface area contributed by atoms with Crippen LogP contribution in [0.1, 0.15) is 49.1 Å². The van der Waals surface area contributed by atoms with E-state index >= 15 is 0 Å². The third kappa shape index (κ3) is 5.29. The third-order valence-corrected chi connectivity index (χ3v) is 4.76. The van der Waals surface area contributed by atoms with Gasteiger partial charge in [-0.05, 0) is 69.0 Å². The number of benzene rings is 1. The molecule has 1 atom stereocenters. The van der Waals surface area contributed by atoms with E-state index in [0.717, 1.165) is 6.54 Å². The molecular weight excluding hydrogens is 274 g/mol. The predicted octanol–water partition coefficient (Wildman–Crippen LogP) is 5.16. The molecule has 0 aliphatic carbocycles. The number of nitrogens with one attached hydrogen (secondary N) is 1. The van der Waals surface area contributed by atoms with Gasteiger partial charge >= 0.3 is 0 Å². The van der Waals surface area contributed by atoms with Gasteiger partial charge in [-0.15, -0.1) is 11.3 Å². The smallest absolute Gasteiger partial charge is 0.00967 e. The summed E-state index contributed by atoms with van der Waals surface area (Å²) in [5.74, 6) is 0.576. The van der Waals surface area contributed by atoms with E-state index in [1.54, 1.807) is 0 Å². The summed E-state index contributed by atoms with van der Waals surface area (Å²) in [4.78, 5) is 1.49. The van der Waals surface area contributed by atoms with Gasteiger partial charge in [0, 0.05) is 17.0 Å². The van der Waals surface area contributed by atoms with Crippen molar-refractivity contribution in [2.24, 2.45) is 0 Å². The molecule has 0 amide bonds. The van der Waals surface area contributed by atoms with Crippen molar-refractivity contribution in [1.82, 2.24) is 5.32 Å². The fourth-order valence-corrected chi connectivity index (χ4v) is 3.34. The first-order valence-electron chi connectivity index (χ1n) is 7.78. The van der Waals surface area contributed by atoms with E-state index in [-0.39, 0.29) is 5.54 Å². The van der Waals surface area contributed by atoms with Crippen LogP contribution < -0.4 is 5.32 Å². The minimum Gasteiger partial charge on any atom is -0.311 e. The number of hydrogen-bond acceptors (Lipinski definition) is 2. The van der Waals surface area contributed by atoms with Crippen LogP contribution >= 0.6 is 11.3 Å². The zero-order valence-electron chi connectivity index (χ0n) is 13.6. The minimum absolute atomic E-state index is 0.171. The van der Waals surface area contributed by atoms with Gasteiger partial charge in [-0.25, -0.2) is 0 Å². The maximum absolute atomic E-state index is 3.68. The highest BCUT2D eigenvalue weighted by molar-refractivity contribution is 7.09. The molecule has 1 aromatic carbocycles. The van der Waals surface area contributed by atoms with Crippen LogP contribution in [0.3, 0.4) is 0 Å². The standard InChI is InChI=1S/C19H27NS/c1-15-8-5-6-10-18(15)16(14-20-19(2,3)4)11-12-17-9-7-13-21-17/h5-10,13,16,20H,11-12,14H2,1-4H3. The van der Waals surface area contributed by atoms with E-state index in [0.29, 0.717) is 5.92 Å². The van der Waals surface area contributed by atoms with Crippen LogP contribution in [-0.2, 0) is 6.42 Å². The molecule has 0 spiro atoms. The zero-order valence-corrected chi connectivity index (χ0v) is 14.5. The van der Waals surface area contributed by atoms with Crippen LogP contribution in [0.15, 0.2) is 41.8 Å². The zero-order chi connectivity index (χ0) is 15.3. The van der Waals surface area contributed by atoms with Gasteiger partial charge in [0.2, 0.25) is 0 Å². The number of rotatable bonds is 6. The largest absolute Gasteiger partial charge is 0.311 e. The molecule has 0 radical (unpaired) electrons. The third-order valence-electron chi connectivity index (χ3n) is 3.83. The van der Waals surface area contributed by atoms with Crippen molar-refractivity contribution >= 4 is 11.3 Å². The molecule has 1 N–H and O–H groups in total. The highest BCUT2D eigenvalue weighted by Gasteiger charge is 2.17. The molecule has 1 heterocycles. The Kier molecular flexibility index (Phi) is 5.60. The van der Waals surface area contributed by atoms with Crippen molar-refractivity contribution in [1.29, 1.82) is 0 Å². The molecule has 114 valence electrons. The number of aryl methyl sites for hydroxylation is 2. The van der Waals surface area contributed by atoms with Gasteiger partial charge in [0.05, 0.1) is 0 Å². The SMILES string of the molecule is Cc1ccccc1C(CCc1cccs1)CNC(C)(C)C.